The van der Waals surface area contributed by atoms with E-state index in [1.54, 1.807) is 7.11 Å². The van der Waals surface area contributed by atoms with Gasteiger partial charge in [0, 0.05) is 18.6 Å². The zero-order chi connectivity index (χ0) is 14.4. The predicted molar refractivity (Wildman–Crippen MR) is 83.9 cm³/mol. The Kier molecular flexibility index (Phi) is 5.44. The Morgan fingerprint density at radius 1 is 1.10 bits per heavy atom. The van der Waals surface area contributed by atoms with Crippen LogP contribution in [0.3, 0.4) is 0 Å². The summed E-state index contributed by atoms with van der Waals surface area (Å²) in [5.41, 5.74) is 7.66. The first kappa shape index (κ1) is 15.3. The molecule has 1 aromatic rings. The SMILES string of the molecule is COc1ccc(CN(C)C2(CN)CCCCCC2)cc1. The van der Waals surface area contributed by atoms with Gasteiger partial charge in [-0.25, -0.2) is 0 Å². The summed E-state index contributed by atoms with van der Waals surface area (Å²) in [5.74, 6) is 0.916. The van der Waals surface area contributed by atoms with Crippen LogP contribution in [0.4, 0.5) is 0 Å². The fourth-order valence-electron chi connectivity index (χ4n) is 3.30. The lowest BCUT2D eigenvalue weighted by molar-refractivity contribution is 0.0997. The molecule has 112 valence electrons. The van der Waals surface area contributed by atoms with Gasteiger partial charge in [-0.1, -0.05) is 37.8 Å². The fourth-order valence-corrected chi connectivity index (χ4v) is 3.30. The maximum absolute atomic E-state index is 6.15. The standard InChI is InChI=1S/C17H28N2O/c1-19(13-15-7-9-16(20-2)10-8-15)17(14-18)11-5-3-4-6-12-17/h7-10H,3-6,11-14,18H2,1-2H3. The Morgan fingerprint density at radius 3 is 2.20 bits per heavy atom. The maximum atomic E-state index is 6.15. The Morgan fingerprint density at radius 2 is 1.70 bits per heavy atom. The fraction of sp³-hybridized carbons (Fsp3) is 0.647. The van der Waals surface area contributed by atoms with Crippen molar-refractivity contribution in [2.24, 2.45) is 5.73 Å². The first-order valence-electron chi connectivity index (χ1n) is 7.74. The summed E-state index contributed by atoms with van der Waals surface area (Å²) >= 11 is 0. The number of nitrogens with two attached hydrogens (primary N) is 1. The molecule has 3 nitrogen and oxygen atoms in total. The minimum absolute atomic E-state index is 0.191. The molecule has 0 bridgehead atoms. The minimum atomic E-state index is 0.191. The van der Waals surface area contributed by atoms with Gasteiger partial charge in [0.1, 0.15) is 5.75 Å². The number of rotatable bonds is 5. The van der Waals surface area contributed by atoms with Gasteiger partial charge in [-0.05, 0) is 37.6 Å². The van der Waals surface area contributed by atoms with Gasteiger partial charge in [0.2, 0.25) is 0 Å². The van der Waals surface area contributed by atoms with E-state index in [-0.39, 0.29) is 5.54 Å². The van der Waals surface area contributed by atoms with Gasteiger partial charge in [-0.15, -0.1) is 0 Å². The monoisotopic (exact) mass is 276 g/mol. The van der Waals surface area contributed by atoms with Gasteiger partial charge in [-0.3, -0.25) is 4.90 Å². The largest absolute Gasteiger partial charge is 0.497 e. The van der Waals surface area contributed by atoms with E-state index in [0.717, 1.165) is 18.8 Å². The van der Waals surface area contributed by atoms with Crippen molar-refractivity contribution in [3.63, 3.8) is 0 Å². The van der Waals surface area contributed by atoms with Crippen LogP contribution >= 0.6 is 0 Å². The van der Waals surface area contributed by atoms with Crippen LogP contribution in [0.2, 0.25) is 0 Å². The lowest BCUT2D eigenvalue weighted by Gasteiger charge is -2.41. The molecule has 0 amide bonds. The van der Waals surface area contributed by atoms with Crippen LogP contribution in [0.5, 0.6) is 5.75 Å². The molecule has 1 aliphatic rings. The average Bonchev–Trinajstić information content (AvgIpc) is 2.74. The number of benzene rings is 1. The minimum Gasteiger partial charge on any atom is -0.497 e. The van der Waals surface area contributed by atoms with Crippen molar-refractivity contribution in [2.45, 2.75) is 50.6 Å². The van der Waals surface area contributed by atoms with E-state index in [0.29, 0.717) is 0 Å². The second-order valence-corrected chi connectivity index (χ2v) is 6.05. The predicted octanol–water partition coefficient (Wildman–Crippen LogP) is 3.18. The number of hydrogen-bond donors (Lipinski definition) is 1. The van der Waals surface area contributed by atoms with Crippen molar-refractivity contribution in [3.8, 4) is 5.75 Å². The van der Waals surface area contributed by atoms with E-state index in [1.165, 1.54) is 44.1 Å². The highest BCUT2D eigenvalue weighted by atomic mass is 16.5. The summed E-state index contributed by atoms with van der Waals surface area (Å²) in [6, 6.07) is 8.36. The summed E-state index contributed by atoms with van der Waals surface area (Å²) in [7, 11) is 3.93. The summed E-state index contributed by atoms with van der Waals surface area (Å²) in [5, 5.41) is 0. The molecule has 1 fully saturated rings. The highest BCUT2D eigenvalue weighted by Gasteiger charge is 2.33. The van der Waals surface area contributed by atoms with Crippen molar-refractivity contribution in [2.75, 3.05) is 20.7 Å². The highest BCUT2D eigenvalue weighted by Crippen LogP contribution is 2.32. The molecule has 2 N–H and O–H groups in total. The Hall–Kier alpha value is -1.06. The molecule has 3 heteroatoms. The van der Waals surface area contributed by atoms with E-state index in [1.807, 2.05) is 12.1 Å². The molecule has 0 unspecified atom stereocenters. The molecule has 0 saturated heterocycles. The van der Waals surface area contributed by atoms with E-state index in [2.05, 4.69) is 24.1 Å². The zero-order valence-electron chi connectivity index (χ0n) is 12.9. The number of likely N-dealkylation sites (N-methyl/N-ethyl adjacent to an activating group) is 1. The number of methoxy groups -OCH3 is 1. The molecule has 0 heterocycles. The Balaban J connectivity index is 2.05. The third kappa shape index (κ3) is 3.53. The molecule has 1 aliphatic carbocycles. The molecule has 0 atom stereocenters. The lowest BCUT2D eigenvalue weighted by Crippen LogP contribution is -2.51. The summed E-state index contributed by atoms with van der Waals surface area (Å²) in [4.78, 5) is 2.47. The second-order valence-electron chi connectivity index (χ2n) is 6.05. The van der Waals surface area contributed by atoms with Gasteiger partial charge in [0.05, 0.1) is 7.11 Å². The molecule has 1 saturated carbocycles. The Bertz CT molecular complexity index is 394. The Labute approximate surface area is 123 Å². The maximum Gasteiger partial charge on any atom is 0.118 e. The van der Waals surface area contributed by atoms with Crippen LogP contribution in [-0.2, 0) is 6.54 Å². The molecular formula is C17H28N2O. The van der Waals surface area contributed by atoms with Crippen LogP contribution in [0, 0.1) is 0 Å². The molecule has 20 heavy (non-hydrogen) atoms. The van der Waals surface area contributed by atoms with E-state index < -0.39 is 0 Å². The van der Waals surface area contributed by atoms with Crippen LogP contribution in [0.25, 0.3) is 0 Å². The average molecular weight is 276 g/mol. The van der Waals surface area contributed by atoms with Gasteiger partial charge in [0.25, 0.3) is 0 Å². The summed E-state index contributed by atoms with van der Waals surface area (Å²) in [6.07, 6.45) is 7.80. The number of hydrogen-bond acceptors (Lipinski definition) is 3. The van der Waals surface area contributed by atoms with Crippen LogP contribution in [0.15, 0.2) is 24.3 Å². The van der Waals surface area contributed by atoms with Gasteiger partial charge in [0.15, 0.2) is 0 Å². The molecule has 0 spiro atoms. The normalized spacial score (nSPS) is 18.8. The molecule has 1 aromatic carbocycles. The zero-order valence-corrected chi connectivity index (χ0v) is 12.9. The van der Waals surface area contributed by atoms with Gasteiger partial charge in [-0.2, -0.15) is 0 Å². The van der Waals surface area contributed by atoms with Crippen molar-refractivity contribution in [3.05, 3.63) is 29.8 Å². The third-order valence-electron chi connectivity index (χ3n) is 4.80. The molecule has 0 radical (unpaired) electrons. The molecular weight excluding hydrogens is 248 g/mol. The van der Waals surface area contributed by atoms with E-state index in [9.17, 15) is 0 Å². The summed E-state index contributed by atoms with van der Waals surface area (Å²) < 4.78 is 5.21. The van der Waals surface area contributed by atoms with Crippen molar-refractivity contribution >= 4 is 0 Å². The quantitative estimate of drug-likeness (QED) is 0.839. The van der Waals surface area contributed by atoms with Gasteiger partial charge < -0.3 is 10.5 Å². The third-order valence-corrected chi connectivity index (χ3v) is 4.80. The lowest BCUT2D eigenvalue weighted by atomic mass is 9.88. The number of nitrogens with zero attached hydrogens (tertiary/aromatic N) is 1. The van der Waals surface area contributed by atoms with E-state index >= 15 is 0 Å². The highest BCUT2D eigenvalue weighted by molar-refractivity contribution is 5.27. The first-order chi connectivity index (χ1) is 9.70. The molecule has 2 rings (SSSR count). The molecule has 0 aromatic heterocycles. The smallest absolute Gasteiger partial charge is 0.118 e. The van der Waals surface area contributed by atoms with Crippen LogP contribution in [-0.4, -0.2) is 31.1 Å². The molecule has 0 aliphatic heterocycles. The van der Waals surface area contributed by atoms with Crippen LogP contribution in [0.1, 0.15) is 44.1 Å². The van der Waals surface area contributed by atoms with Crippen molar-refractivity contribution < 1.29 is 4.74 Å². The van der Waals surface area contributed by atoms with Gasteiger partial charge >= 0.3 is 0 Å². The first-order valence-corrected chi connectivity index (χ1v) is 7.74. The van der Waals surface area contributed by atoms with Crippen molar-refractivity contribution in [1.29, 1.82) is 0 Å². The van der Waals surface area contributed by atoms with Crippen LogP contribution < -0.4 is 10.5 Å². The second kappa shape index (κ2) is 7.09. The summed E-state index contributed by atoms with van der Waals surface area (Å²) in [6.45, 7) is 1.72. The number of ether oxygens (including phenoxy) is 1. The van der Waals surface area contributed by atoms with E-state index in [4.69, 9.17) is 10.5 Å². The van der Waals surface area contributed by atoms with Crippen molar-refractivity contribution in [1.82, 2.24) is 4.90 Å². The topological polar surface area (TPSA) is 38.5 Å².